The molecule has 1 aromatic carbocycles. The summed E-state index contributed by atoms with van der Waals surface area (Å²) in [4.78, 5) is 0. The molecule has 0 spiro atoms. The highest BCUT2D eigenvalue weighted by Crippen LogP contribution is 2.30. The number of hydrogen-bond donors (Lipinski definition) is 3. The number of rotatable bonds is 1. The number of nitrogens with two attached hydrogens (primary N) is 2. The average molecular weight is 204 g/mol. The van der Waals surface area contributed by atoms with Crippen molar-refractivity contribution < 1.29 is 5.11 Å². The second kappa shape index (κ2) is 3.20. The first-order valence-corrected chi connectivity index (χ1v) is 4.46. The zero-order valence-corrected chi connectivity index (χ0v) is 8.31. The zero-order valence-electron chi connectivity index (χ0n) is 8.31. The van der Waals surface area contributed by atoms with Crippen molar-refractivity contribution in [1.82, 2.24) is 9.78 Å². The van der Waals surface area contributed by atoms with Crippen LogP contribution in [0.15, 0.2) is 24.4 Å². The summed E-state index contributed by atoms with van der Waals surface area (Å²) in [6.45, 7) is 0. The Morgan fingerprint density at radius 1 is 1.33 bits per heavy atom. The summed E-state index contributed by atoms with van der Waals surface area (Å²) in [6, 6.07) is 4.96. The quantitative estimate of drug-likeness (QED) is 0.476. The van der Waals surface area contributed by atoms with Gasteiger partial charge in [0.25, 0.3) is 0 Å². The summed E-state index contributed by atoms with van der Waals surface area (Å²) >= 11 is 0. The molecule has 2 rings (SSSR count). The van der Waals surface area contributed by atoms with E-state index in [9.17, 15) is 5.11 Å². The maximum Gasteiger partial charge on any atom is 0.138 e. The Balaban J connectivity index is 2.55. The van der Waals surface area contributed by atoms with Crippen molar-refractivity contribution >= 4 is 11.5 Å². The second-order valence-corrected chi connectivity index (χ2v) is 3.34. The van der Waals surface area contributed by atoms with E-state index in [0.717, 1.165) is 11.1 Å². The molecule has 15 heavy (non-hydrogen) atoms. The fourth-order valence-corrected chi connectivity index (χ4v) is 1.39. The van der Waals surface area contributed by atoms with Gasteiger partial charge in [0.15, 0.2) is 0 Å². The smallest absolute Gasteiger partial charge is 0.138 e. The first-order valence-electron chi connectivity index (χ1n) is 4.46. The van der Waals surface area contributed by atoms with Gasteiger partial charge in [-0.3, -0.25) is 4.68 Å². The third kappa shape index (κ3) is 1.48. The van der Waals surface area contributed by atoms with Crippen LogP contribution in [0.2, 0.25) is 0 Å². The van der Waals surface area contributed by atoms with Gasteiger partial charge in [0.1, 0.15) is 11.6 Å². The lowest BCUT2D eigenvalue weighted by Gasteiger charge is -2.03. The first kappa shape index (κ1) is 9.39. The number of nitrogen functional groups attached to an aromatic ring is 2. The van der Waals surface area contributed by atoms with E-state index in [-0.39, 0.29) is 5.75 Å². The highest BCUT2D eigenvalue weighted by Gasteiger charge is 2.08. The molecular formula is C10H12N4O. The van der Waals surface area contributed by atoms with Gasteiger partial charge in [0.05, 0.1) is 11.9 Å². The molecule has 0 aliphatic rings. The molecule has 0 atom stereocenters. The number of nitrogens with zero attached hydrogens (tertiary/aromatic N) is 2. The topological polar surface area (TPSA) is 90.1 Å². The van der Waals surface area contributed by atoms with Gasteiger partial charge in [-0.25, -0.2) is 0 Å². The highest BCUT2D eigenvalue weighted by atomic mass is 16.3. The molecular weight excluding hydrogens is 192 g/mol. The molecule has 0 fully saturated rings. The predicted octanol–water partition coefficient (Wildman–Crippen LogP) is 0.957. The van der Waals surface area contributed by atoms with E-state index in [0.29, 0.717) is 11.5 Å². The number of anilines is 2. The molecule has 0 amide bonds. The van der Waals surface area contributed by atoms with Gasteiger partial charge >= 0.3 is 0 Å². The van der Waals surface area contributed by atoms with Crippen molar-refractivity contribution in [2.24, 2.45) is 7.05 Å². The molecule has 5 heteroatoms. The van der Waals surface area contributed by atoms with Gasteiger partial charge in [-0.1, -0.05) is 6.07 Å². The summed E-state index contributed by atoms with van der Waals surface area (Å²) in [5, 5.41) is 13.3. The second-order valence-electron chi connectivity index (χ2n) is 3.34. The van der Waals surface area contributed by atoms with E-state index in [4.69, 9.17) is 11.5 Å². The number of hydrogen-bond acceptors (Lipinski definition) is 4. The number of phenols is 1. The van der Waals surface area contributed by atoms with E-state index in [1.54, 1.807) is 30.1 Å². The Morgan fingerprint density at radius 2 is 2.07 bits per heavy atom. The molecule has 78 valence electrons. The summed E-state index contributed by atoms with van der Waals surface area (Å²) in [5.41, 5.74) is 13.4. The van der Waals surface area contributed by atoms with Crippen molar-refractivity contribution in [2.45, 2.75) is 0 Å². The van der Waals surface area contributed by atoms with Crippen molar-refractivity contribution in [3.63, 3.8) is 0 Å². The SMILES string of the molecule is Cn1ncc(-c2ccc(O)c(N)c2)c1N. The predicted molar refractivity (Wildman–Crippen MR) is 59.1 cm³/mol. The molecule has 0 radical (unpaired) electrons. The van der Waals surface area contributed by atoms with Crippen molar-refractivity contribution in [1.29, 1.82) is 0 Å². The summed E-state index contributed by atoms with van der Waals surface area (Å²) in [5.74, 6) is 0.640. The van der Waals surface area contributed by atoms with Crippen LogP contribution < -0.4 is 11.5 Å². The van der Waals surface area contributed by atoms with Crippen LogP contribution in [-0.4, -0.2) is 14.9 Å². The largest absolute Gasteiger partial charge is 0.506 e. The van der Waals surface area contributed by atoms with Crippen LogP contribution in [0.5, 0.6) is 5.75 Å². The van der Waals surface area contributed by atoms with Crippen molar-refractivity contribution in [3.05, 3.63) is 24.4 Å². The van der Waals surface area contributed by atoms with Gasteiger partial charge in [-0.2, -0.15) is 5.10 Å². The molecule has 0 aliphatic carbocycles. The van der Waals surface area contributed by atoms with Crippen LogP contribution in [0.4, 0.5) is 11.5 Å². The molecule has 0 bridgehead atoms. The third-order valence-corrected chi connectivity index (χ3v) is 2.32. The fourth-order valence-electron chi connectivity index (χ4n) is 1.39. The highest BCUT2D eigenvalue weighted by molar-refractivity contribution is 5.77. The lowest BCUT2D eigenvalue weighted by atomic mass is 10.1. The van der Waals surface area contributed by atoms with E-state index < -0.39 is 0 Å². The molecule has 1 heterocycles. The minimum absolute atomic E-state index is 0.0706. The Kier molecular flexibility index (Phi) is 2.00. The van der Waals surface area contributed by atoms with Crippen LogP contribution in [-0.2, 0) is 7.05 Å². The monoisotopic (exact) mass is 204 g/mol. The maximum absolute atomic E-state index is 9.29. The van der Waals surface area contributed by atoms with E-state index in [2.05, 4.69) is 5.10 Å². The van der Waals surface area contributed by atoms with Gasteiger partial charge < -0.3 is 16.6 Å². The average Bonchev–Trinajstić information content (AvgIpc) is 2.53. The molecule has 0 aliphatic heterocycles. The van der Waals surface area contributed by atoms with Gasteiger partial charge in [-0.05, 0) is 17.7 Å². The van der Waals surface area contributed by atoms with E-state index in [1.165, 1.54) is 6.07 Å². The number of aromatic nitrogens is 2. The van der Waals surface area contributed by atoms with Crippen molar-refractivity contribution in [3.8, 4) is 16.9 Å². The lowest BCUT2D eigenvalue weighted by molar-refractivity contribution is 0.478. The molecule has 0 saturated heterocycles. The summed E-state index contributed by atoms with van der Waals surface area (Å²) < 4.78 is 1.58. The molecule has 5 nitrogen and oxygen atoms in total. The number of benzene rings is 1. The number of aryl methyl sites for hydroxylation is 1. The maximum atomic E-state index is 9.29. The molecule has 2 aromatic rings. The molecule has 0 saturated carbocycles. The molecule has 0 unspecified atom stereocenters. The minimum atomic E-state index is 0.0706. The van der Waals surface area contributed by atoms with Gasteiger partial charge in [0, 0.05) is 12.6 Å². The van der Waals surface area contributed by atoms with Gasteiger partial charge in [0.2, 0.25) is 0 Å². The van der Waals surface area contributed by atoms with E-state index >= 15 is 0 Å². The Hall–Kier alpha value is -2.17. The third-order valence-electron chi connectivity index (χ3n) is 2.32. The van der Waals surface area contributed by atoms with Crippen molar-refractivity contribution in [2.75, 3.05) is 11.5 Å². The zero-order chi connectivity index (χ0) is 11.0. The van der Waals surface area contributed by atoms with Crippen LogP contribution in [0, 0.1) is 0 Å². The number of aromatic hydroxyl groups is 1. The Morgan fingerprint density at radius 3 is 2.60 bits per heavy atom. The molecule has 1 aromatic heterocycles. The standard InChI is InChI=1S/C10H12N4O/c1-14-10(12)7(5-13-14)6-2-3-9(15)8(11)4-6/h2-5,15H,11-12H2,1H3. The van der Waals surface area contributed by atoms with Gasteiger partial charge in [-0.15, -0.1) is 0 Å². The van der Waals surface area contributed by atoms with Crippen LogP contribution in [0.25, 0.3) is 11.1 Å². The Bertz CT molecular complexity index is 504. The minimum Gasteiger partial charge on any atom is -0.506 e. The van der Waals surface area contributed by atoms with Crippen LogP contribution in [0.3, 0.4) is 0 Å². The lowest BCUT2D eigenvalue weighted by Crippen LogP contribution is -1.98. The number of phenolic OH excluding ortho intramolecular Hbond substituents is 1. The summed E-state index contributed by atoms with van der Waals surface area (Å²) in [7, 11) is 1.77. The fraction of sp³-hybridized carbons (Fsp3) is 0.100. The van der Waals surface area contributed by atoms with E-state index in [1.807, 2.05) is 0 Å². The Labute approximate surface area is 86.9 Å². The first-order chi connectivity index (χ1) is 7.09. The molecule has 5 N–H and O–H groups in total. The van der Waals surface area contributed by atoms with Crippen LogP contribution >= 0.6 is 0 Å². The summed E-state index contributed by atoms with van der Waals surface area (Å²) in [6.07, 6.45) is 1.67. The normalized spacial score (nSPS) is 10.5. The van der Waals surface area contributed by atoms with Crippen LogP contribution in [0.1, 0.15) is 0 Å².